The van der Waals surface area contributed by atoms with Gasteiger partial charge >= 0.3 is 0 Å². The number of rotatable bonds is 7. The summed E-state index contributed by atoms with van der Waals surface area (Å²) < 4.78 is 62.1. The summed E-state index contributed by atoms with van der Waals surface area (Å²) in [5.74, 6) is -2.66. The molecule has 2 heterocycles. The molecule has 3 aromatic carbocycles. The van der Waals surface area contributed by atoms with E-state index in [1.165, 1.54) is 41.0 Å². The number of benzene rings is 3. The second-order valence-corrected chi connectivity index (χ2v) is 11.2. The zero-order valence-corrected chi connectivity index (χ0v) is 23.8. The highest BCUT2D eigenvalue weighted by molar-refractivity contribution is 7.92. The molecule has 0 atom stereocenters. The number of fused-ring (bicyclic) bond motifs is 1. The lowest BCUT2D eigenvalue weighted by Crippen LogP contribution is -2.24. The first kappa shape index (κ1) is 29.1. The molecule has 0 unspecified atom stereocenters. The number of sulfonamides is 1. The summed E-state index contributed by atoms with van der Waals surface area (Å²) >= 11 is 0. The van der Waals surface area contributed by atoms with E-state index in [4.69, 9.17) is 10.5 Å². The largest absolute Gasteiger partial charge is 0.480 e. The van der Waals surface area contributed by atoms with Gasteiger partial charge in [-0.15, -0.1) is 0 Å². The Bertz CT molecular complexity index is 2080. The van der Waals surface area contributed by atoms with Crippen LogP contribution in [0, 0.1) is 11.6 Å². The van der Waals surface area contributed by atoms with Crippen LogP contribution in [0.2, 0.25) is 0 Å². The number of ether oxygens (including phenoxy) is 1. The normalized spacial score (nSPS) is 11.4. The SMILES string of the molecule is COc1ncc(-c2ccc3nc(N)n(-c4cccc(C(=O)N(C)C)c4)c(=O)c3c2)cc1NS(=O)(=O)c1ccc(F)cc1F. The molecule has 43 heavy (non-hydrogen) atoms. The van der Waals surface area contributed by atoms with Crippen molar-refractivity contribution in [2.45, 2.75) is 4.90 Å². The minimum atomic E-state index is -4.51. The van der Waals surface area contributed by atoms with Gasteiger partial charge in [-0.2, -0.15) is 0 Å². The van der Waals surface area contributed by atoms with Crippen molar-refractivity contribution in [3.05, 3.63) is 100 Å². The fraction of sp³-hybridized carbons (Fsp3) is 0.103. The van der Waals surface area contributed by atoms with E-state index in [2.05, 4.69) is 14.7 Å². The molecule has 1 amide bonds. The molecular weight excluding hydrogens is 582 g/mol. The van der Waals surface area contributed by atoms with E-state index in [9.17, 15) is 26.8 Å². The van der Waals surface area contributed by atoms with Crippen LogP contribution in [0.15, 0.2) is 82.6 Å². The van der Waals surface area contributed by atoms with Crippen LogP contribution < -0.4 is 20.8 Å². The maximum Gasteiger partial charge on any atom is 0.267 e. The number of amides is 1. The van der Waals surface area contributed by atoms with Gasteiger partial charge in [0, 0.05) is 37.5 Å². The van der Waals surface area contributed by atoms with E-state index < -0.39 is 32.1 Å². The third kappa shape index (κ3) is 5.59. The van der Waals surface area contributed by atoms with E-state index in [0.29, 0.717) is 34.0 Å². The highest BCUT2D eigenvalue weighted by Crippen LogP contribution is 2.31. The molecule has 0 radical (unpaired) electrons. The number of pyridine rings is 1. The summed E-state index contributed by atoms with van der Waals surface area (Å²) in [6.07, 6.45) is 1.40. The number of carbonyl (C=O) groups excluding carboxylic acids is 1. The number of nitrogens with zero attached hydrogens (tertiary/aromatic N) is 4. The summed E-state index contributed by atoms with van der Waals surface area (Å²) in [5, 5.41) is 0.183. The first-order chi connectivity index (χ1) is 20.4. The minimum absolute atomic E-state index is 0.0875. The van der Waals surface area contributed by atoms with Crippen LogP contribution in [-0.4, -0.2) is 55.0 Å². The van der Waals surface area contributed by atoms with Crippen LogP contribution in [0.3, 0.4) is 0 Å². The Morgan fingerprint density at radius 1 is 1.02 bits per heavy atom. The molecule has 0 aliphatic rings. The zero-order chi connectivity index (χ0) is 31.1. The van der Waals surface area contributed by atoms with Crippen LogP contribution in [0.4, 0.5) is 20.4 Å². The second-order valence-electron chi connectivity index (χ2n) is 9.55. The predicted molar refractivity (Wildman–Crippen MR) is 157 cm³/mol. The Morgan fingerprint density at radius 2 is 1.79 bits per heavy atom. The van der Waals surface area contributed by atoms with E-state index in [1.54, 1.807) is 44.4 Å². The van der Waals surface area contributed by atoms with Crippen LogP contribution in [0.25, 0.3) is 27.7 Å². The Kier molecular flexibility index (Phi) is 7.54. The predicted octanol–water partition coefficient (Wildman–Crippen LogP) is 3.82. The smallest absolute Gasteiger partial charge is 0.267 e. The van der Waals surface area contributed by atoms with Gasteiger partial charge in [-0.1, -0.05) is 12.1 Å². The number of nitrogens with two attached hydrogens (primary N) is 1. The summed E-state index contributed by atoms with van der Waals surface area (Å²) in [6.45, 7) is 0. The Labute approximate surface area is 244 Å². The summed E-state index contributed by atoms with van der Waals surface area (Å²) in [6, 6.07) is 14.6. The van der Waals surface area contributed by atoms with Gasteiger partial charge < -0.3 is 15.4 Å². The molecule has 0 saturated heterocycles. The number of nitrogen functional groups attached to an aromatic ring is 1. The average Bonchev–Trinajstić information content (AvgIpc) is 2.96. The Morgan fingerprint density at radius 3 is 2.49 bits per heavy atom. The first-order valence-electron chi connectivity index (χ1n) is 12.6. The number of anilines is 2. The van der Waals surface area contributed by atoms with Crippen molar-refractivity contribution < 1.29 is 26.7 Å². The van der Waals surface area contributed by atoms with Crippen molar-refractivity contribution in [1.82, 2.24) is 19.4 Å². The Hall–Kier alpha value is -5.37. The lowest BCUT2D eigenvalue weighted by molar-refractivity contribution is 0.0827. The number of halogens is 2. The van der Waals surface area contributed by atoms with Gasteiger partial charge in [0.05, 0.1) is 23.7 Å². The maximum atomic E-state index is 14.3. The lowest BCUT2D eigenvalue weighted by Gasteiger charge is -2.15. The summed E-state index contributed by atoms with van der Waals surface area (Å²) in [7, 11) is -0.0116. The van der Waals surface area contributed by atoms with E-state index in [-0.39, 0.29) is 28.8 Å². The number of nitrogens with one attached hydrogen (secondary N) is 1. The highest BCUT2D eigenvalue weighted by Gasteiger charge is 2.23. The third-order valence-electron chi connectivity index (χ3n) is 6.46. The first-order valence-corrected chi connectivity index (χ1v) is 14.0. The average molecular weight is 607 g/mol. The fourth-order valence-corrected chi connectivity index (χ4v) is 5.52. The van der Waals surface area contributed by atoms with E-state index in [1.807, 2.05) is 0 Å². The molecule has 2 aromatic heterocycles. The second kappa shape index (κ2) is 11.1. The van der Waals surface area contributed by atoms with Crippen molar-refractivity contribution in [3.8, 4) is 22.7 Å². The molecule has 0 saturated carbocycles. The van der Waals surface area contributed by atoms with E-state index in [0.717, 1.165) is 12.1 Å². The highest BCUT2D eigenvalue weighted by atomic mass is 32.2. The Balaban J connectivity index is 1.59. The molecular formula is C29H24F2N6O5S. The topological polar surface area (TPSA) is 150 Å². The van der Waals surface area contributed by atoms with Gasteiger partial charge in [0.2, 0.25) is 11.8 Å². The van der Waals surface area contributed by atoms with E-state index >= 15 is 0 Å². The van der Waals surface area contributed by atoms with Crippen LogP contribution >= 0.6 is 0 Å². The number of hydrogen-bond donors (Lipinski definition) is 2. The standard InChI is InChI=1S/C29H24F2N6O5S/c1-36(2)27(38)17-5-4-6-20(11-17)37-28(39)21-12-16(7-9-23(21)34-29(37)32)18-13-24(26(42-3)33-15-18)35-43(40,41)25-10-8-19(30)14-22(25)31/h4-15,35H,1-3H3,(H2,32,34). The number of hydrogen-bond acceptors (Lipinski definition) is 8. The molecule has 0 aliphatic heterocycles. The maximum absolute atomic E-state index is 14.3. The van der Waals surface area contributed by atoms with Crippen LogP contribution in [0.5, 0.6) is 5.88 Å². The van der Waals surface area contributed by atoms with Gasteiger partial charge in [0.1, 0.15) is 22.2 Å². The molecule has 0 spiro atoms. The minimum Gasteiger partial charge on any atom is -0.480 e. The van der Waals surface area contributed by atoms with Gasteiger partial charge in [-0.3, -0.25) is 14.3 Å². The molecule has 0 fully saturated rings. The third-order valence-corrected chi connectivity index (χ3v) is 7.86. The molecule has 14 heteroatoms. The van der Waals surface area contributed by atoms with Crippen molar-refractivity contribution in [2.75, 3.05) is 31.7 Å². The molecule has 0 bridgehead atoms. The molecule has 5 rings (SSSR count). The van der Waals surface area contributed by atoms with Crippen molar-refractivity contribution >= 4 is 38.5 Å². The van der Waals surface area contributed by atoms with Gasteiger partial charge in [0.15, 0.2) is 0 Å². The summed E-state index contributed by atoms with van der Waals surface area (Å²) in [5.41, 5.74) is 7.35. The van der Waals surface area contributed by atoms with Crippen molar-refractivity contribution in [3.63, 3.8) is 0 Å². The lowest BCUT2D eigenvalue weighted by atomic mass is 10.0. The van der Waals surface area contributed by atoms with Crippen LogP contribution in [0.1, 0.15) is 10.4 Å². The van der Waals surface area contributed by atoms with Crippen molar-refractivity contribution in [2.24, 2.45) is 0 Å². The van der Waals surface area contributed by atoms with Gasteiger partial charge in [0.25, 0.3) is 21.5 Å². The molecule has 5 aromatic rings. The quantitative estimate of drug-likeness (QED) is 0.284. The summed E-state index contributed by atoms with van der Waals surface area (Å²) in [4.78, 5) is 35.3. The molecule has 0 aliphatic carbocycles. The molecule has 220 valence electrons. The number of methoxy groups -OCH3 is 1. The number of carbonyl (C=O) groups is 1. The van der Waals surface area contributed by atoms with Crippen LogP contribution in [-0.2, 0) is 10.0 Å². The molecule has 11 nitrogen and oxygen atoms in total. The zero-order valence-electron chi connectivity index (χ0n) is 23.0. The monoisotopic (exact) mass is 606 g/mol. The van der Waals surface area contributed by atoms with Gasteiger partial charge in [-0.25, -0.2) is 31.7 Å². The van der Waals surface area contributed by atoms with Gasteiger partial charge in [-0.05, 0) is 54.1 Å². The fourth-order valence-electron chi connectivity index (χ4n) is 4.41. The van der Waals surface area contributed by atoms with Crippen molar-refractivity contribution in [1.29, 1.82) is 0 Å². The molecule has 3 N–H and O–H groups in total. The number of aromatic nitrogens is 3.